The van der Waals surface area contributed by atoms with Crippen LogP contribution in [0.25, 0.3) is 0 Å². The van der Waals surface area contributed by atoms with Gasteiger partial charge in [-0.2, -0.15) is 5.10 Å². The number of carbonyl (C=O) groups excluding carboxylic acids is 1. The molecule has 0 aliphatic heterocycles. The van der Waals surface area contributed by atoms with Crippen molar-refractivity contribution in [2.24, 2.45) is 0 Å². The summed E-state index contributed by atoms with van der Waals surface area (Å²) in [7, 11) is 1.51. The van der Waals surface area contributed by atoms with Gasteiger partial charge >= 0.3 is 6.03 Å². The number of ether oxygens (including phenoxy) is 1. The van der Waals surface area contributed by atoms with Gasteiger partial charge in [0.1, 0.15) is 5.75 Å². The van der Waals surface area contributed by atoms with Gasteiger partial charge in [0, 0.05) is 18.0 Å². The molecule has 0 spiro atoms. The van der Waals surface area contributed by atoms with Crippen LogP contribution in [-0.4, -0.2) is 23.3 Å². The van der Waals surface area contributed by atoms with Gasteiger partial charge in [-0.25, -0.2) is 4.79 Å². The standard InChI is InChI=1S/C11H11ClN4O2/c1-18-10-4-7(2-3-9(10)12)15-11(17)16-8-5-13-14-6-8/h2-6H,1H3,(H,13,14)(H2,15,16,17). The van der Waals surface area contributed by atoms with Crippen molar-refractivity contribution < 1.29 is 9.53 Å². The summed E-state index contributed by atoms with van der Waals surface area (Å²) >= 11 is 5.88. The molecule has 0 saturated heterocycles. The van der Waals surface area contributed by atoms with Crippen molar-refractivity contribution in [2.75, 3.05) is 17.7 Å². The number of nitrogens with zero attached hydrogens (tertiary/aromatic N) is 1. The van der Waals surface area contributed by atoms with E-state index in [-0.39, 0.29) is 6.03 Å². The zero-order valence-corrected chi connectivity index (χ0v) is 10.3. The SMILES string of the molecule is COc1cc(NC(=O)Nc2cn[nH]c2)ccc1Cl. The fourth-order valence-corrected chi connectivity index (χ4v) is 1.54. The third-order valence-electron chi connectivity index (χ3n) is 2.17. The van der Waals surface area contributed by atoms with Crippen LogP contribution in [0, 0.1) is 0 Å². The lowest BCUT2D eigenvalue weighted by Gasteiger charge is -2.08. The van der Waals surface area contributed by atoms with Gasteiger partial charge in [-0.15, -0.1) is 0 Å². The van der Waals surface area contributed by atoms with E-state index >= 15 is 0 Å². The predicted octanol–water partition coefficient (Wildman–Crippen LogP) is 2.72. The Morgan fingerprint density at radius 3 is 2.83 bits per heavy atom. The highest BCUT2D eigenvalue weighted by Crippen LogP contribution is 2.27. The molecule has 0 radical (unpaired) electrons. The molecule has 0 aliphatic rings. The van der Waals surface area contributed by atoms with E-state index in [2.05, 4.69) is 20.8 Å². The highest BCUT2D eigenvalue weighted by atomic mass is 35.5. The maximum Gasteiger partial charge on any atom is 0.323 e. The molecule has 1 aromatic carbocycles. The minimum absolute atomic E-state index is 0.374. The molecule has 0 unspecified atom stereocenters. The Hall–Kier alpha value is -2.21. The monoisotopic (exact) mass is 266 g/mol. The summed E-state index contributed by atoms with van der Waals surface area (Å²) in [6, 6.07) is 4.59. The molecule has 0 saturated carbocycles. The summed E-state index contributed by atoms with van der Waals surface area (Å²) in [6.07, 6.45) is 3.07. The first-order valence-electron chi connectivity index (χ1n) is 5.09. The second-order valence-corrected chi connectivity index (χ2v) is 3.82. The smallest absolute Gasteiger partial charge is 0.323 e. The Balaban J connectivity index is 2.03. The van der Waals surface area contributed by atoms with Gasteiger partial charge < -0.3 is 15.4 Å². The zero-order valence-electron chi connectivity index (χ0n) is 9.53. The first-order chi connectivity index (χ1) is 8.69. The summed E-state index contributed by atoms with van der Waals surface area (Å²) < 4.78 is 5.05. The molecular formula is C11H11ClN4O2. The topological polar surface area (TPSA) is 79.0 Å². The van der Waals surface area contributed by atoms with Gasteiger partial charge in [0.05, 0.1) is 24.0 Å². The summed E-state index contributed by atoms with van der Waals surface area (Å²) in [5.74, 6) is 0.498. The molecule has 3 N–H and O–H groups in total. The van der Waals surface area contributed by atoms with Crippen LogP contribution in [0.5, 0.6) is 5.75 Å². The average Bonchev–Trinajstić information content (AvgIpc) is 2.84. The molecule has 1 heterocycles. The average molecular weight is 267 g/mol. The molecule has 2 aromatic rings. The molecular weight excluding hydrogens is 256 g/mol. The number of nitrogens with one attached hydrogen (secondary N) is 3. The lowest BCUT2D eigenvalue weighted by atomic mass is 10.3. The van der Waals surface area contributed by atoms with Gasteiger partial charge in [0.2, 0.25) is 0 Å². The van der Waals surface area contributed by atoms with Crippen molar-refractivity contribution in [2.45, 2.75) is 0 Å². The first kappa shape index (κ1) is 12.3. The van der Waals surface area contributed by atoms with Crippen LogP contribution in [0.2, 0.25) is 5.02 Å². The van der Waals surface area contributed by atoms with Gasteiger partial charge in [0.25, 0.3) is 0 Å². The molecule has 0 fully saturated rings. The van der Waals surface area contributed by atoms with E-state index in [4.69, 9.17) is 16.3 Å². The number of H-pyrrole nitrogens is 1. The molecule has 6 nitrogen and oxygen atoms in total. The predicted molar refractivity (Wildman–Crippen MR) is 69.2 cm³/mol. The molecule has 18 heavy (non-hydrogen) atoms. The maximum atomic E-state index is 11.6. The van der Waals surface area contributed by atoms with Crippen LogP contribution >= 0.6 is 11.6 Å². The number of rotatable bonds is 3. The van der Waals surface area contributed by atoms with Gasteiger partial charge in [-0.05, 0) is 12.1 Å². The normalized spacial score (nSPS) is 9.89. The highest BCUT2D eigenvalue weighted by Gasteiger charge is 2.06. The fourth-order valence-electron chi connectivity index (χ4n) is 1.35. The van der Waals surface area contributed by atoms with Crippen molar-refractivity contribution in [3.05, 3.63) is 35.6 Å². The third kappa shape index (κ3) is 2.92. The van der Waals surface area contributed by atoms with E-state index in [1.165, 1.54) is 13.3 Å². The number of halogens is 1. The molecule has 2 rings (SSSR count). The molecule has 0 bridgehead atoms. The van der Waals surface area contributed by atoms with E-state index in [1.807, 2.05) is 0 Å². The Bertz CT molecular complexity index is 542. The number of aromatic nitrogens is 2. The van der Waals surface area contributed by atoms with E-state index in [0.717, 1.165) is 0 Å². The molecule has 7 heteroatoms. The highest BCUT2D eigenvalue weighted by molar-refractivity contribution is 6.32. The van der Waals surface area contributed by atoms with Crippen molar-refractivity contribution in [3.63, 3.8) is 0 Å². The van der Waals surface area contributed by atoms with Gasteiger partial charge in [-0.1, -0.05) is 11.6 Å². The summed E-state index contributed by atoms with van der Waals surface area (Å²) in [5, 5.41) is 12.1. The minimum Gasteiger partial charge on any atom is -0.495 e. The van der Waals surface area contributed by atoms with Crippen molar-refractivity contribution >= 4 is 29.0 Å². The second-order valence-electron chi connectivity index (χ2n) is 3.42. The number of hydrogen-bond acceptors (Lipinski definition) is 3. The zero-order chi connectivity index (χ0) is 13.0. The second kappa shape index (κ2) is 5.42. The molecule has 1 aromatic heterocycles. The number of benzene rings is 1. The number of methoxy groups -OCH3 is 1. The third-order valence-corrected chi connectivity index (χ3v) is 2.48. The van der Waals surface area contributed by atoms with E-state index in [0.29, 0.717) is 22.1 Å². The summed E-state index contributed by atoms with van der Waals surface area (Å²) in [6.45, 7) is 0. The fraction of sp³-hybridized carbons (Fsp3) is 0.0909. The number of hydrogen-bond donors (Lipinski definition) is 3. The van der Waals surface area contributed by atoms with Crippen LogP contribution in [0.3, 0.4) is 0 Å². The summed E-state index contributed by atoms with van der Waals surface area (Å²) in [4.78, 5) is 11.6. The van der Waals surface area contributed by atoms with Crippen LogP contribution < -0.4 is 15.4 Å². The van der Waals surface area contributed by atoms with E-state index in [1.54, 1.807) is 24.4 Å². The lowest BCUT2D eigenvalue weighted by molar-refractivity contribution is 0.262. The van der Waals surface area contributed by atoms with Crippen molar-refractivity contribution in [1.82, 2.24) is 10.2 Å². The van der Waals surface area contributed by atoms with Crippen LogP contribution in [0.1, 0.15) is 0 Å². The van der Waals surface area contributed by atoms with Crippen LogP contribution in [0.4, 0.5) is 16.2 Å². The Kier molecular flexibility index (Phi) is 3.69. The van der Waals surface area contributed by atoms with E-state index in [9.17, 15) is 4.79 Å². The molecule has 0 aliphatic carbocycles. The first-order valence-corrected chi connectivity index (χ1v) is 5.47. The molecule has 2 amide bonds. The van der Waals surface area contributed by atoms with Gasteiger partial charge in [0.15, 0.2) is 0 Å². The molecule has 94 valence electrons. The number of urea groups is 1. The van der Waals surface area contributed by atoms with Crippen LogP contribution in [0.15, 0.2) is 30.6 Å². The molecule has 0 atom stereocenters. The minimum atomic E-state index is -0.374. The largest absolute Gasteiger partial charge is 0.495 e. The maximum absolute atomic E-state index is 11.6. The Labute approximate surface area is 108 Å². The van der Waals surface area contributed by atoms with Crippen molar-refractivity contribution in [3.8, 4) is 5.75 Å². The Morgan fingerprint density at radius 1 is 1.39 bits per heavy atom. The Morgan fingerprint density at radius 2 is 2.17 bits per heavy atom. The van der Waals surface area contributed by atoms with Gasteiger partial charge in [-0.3, -0.25) is 5.10 Å². The van der Waals surface area contributed by atoms with E-state index < -0.39 is 0 Å². The number of aromatic amines is 1. The lowest BCUT2D eigenvalue weighted by Crippen LogP contribution is -2.19. The quantitative estimate of drug-likeness (QED) is 0.799. The number of amides is 2. The number of anilines is 2. The number of carbonyl (C=O) groups is 1. The summed E-state index contributed by atoms with van der Waals surface area (Å²) in [5.41, 5.74) is 1.16. The van der Waals surface area contributed by atoms with Crippen LogP contribution in [-0.2, 0) is 0 Å². The van der Waals surface area contributed by atoms with Crippen molar-refractivity contribution in [1.29, 1.82) is 0 Å².